The molecule has 1 unspecified atom stereocenters. The molecule has 2 nitrogen and oxygen atoms in total. The lowest BCUT2D eigenvalue weighted by molar-refractivity contribution is 0.283. The SMILES string of the molecule is C=C(NC1=CC(C)(Br)CC=C1C)Nc1ccccc1F.CC.CC(C)C(C)(C)C.CCCC(C)CCC. The Kier molecular flexibility index (Phi) is 19.8. The summed E-state index contributed by atoms with van der Waals surface area (Å²) in [6.45, 7) is 30.2. The quantitative estimate of drug-likeness (QED) is 0.298. The van der Waals surface area contributed by atoms with E-state index in [-0.39, 0.29) is 10.1 Å². The van der Waals surface area contributed by atoms with Crippen LogP contribution in [0.15, 0.2) is 60.1 Å². The number of hydrogen-bond acceptors (Lipinski definition) is 2. The van der Waals surface area contributed by atoms with Crippen LogP contribution in [0.3, 0.4) is 0 Å². The second-order valence-corrected chi connectivity index (χ2v) is 13.2. The highest BCUT2D eigenvalue weighted by Gasteiger charge is 2.22. The molecule has 1 aliphatic carbocycles. The Balaban J connectivity index is 0. The first kappa shape index (κ1) is 37.6. The molecule has 37 heavy (non-hydrogen) atoms. The Hall–Kier alpha value is -1.55. The monoisotopic (exact) mass is 580 g/mol. The first-order chi connectivity index (χ1) is 17.1. The van der Waals surface area contributed by atoms with E-state index in [4.69, 9.17) is 0 Å². The summed E-state index contributed by atoms with van der Waals surface area (Å²) in [5.74, 6) is 2.00. The average molecular weight is 582 g/mol. The van der Waals surface area contributed by atoms with Gasteiger partial charge in [0.2, 0.25) is 0 Å². The Morgan fingerprint density at radius 3 is 1.97 bits per heavy atom. The van der Waals surface area contributed by atoms with Crippen molar-refractivity contribution in [3.63, 3.8) is 0 Å². The summed E-state index contributed by atoms with van der Waals surface area (Å²) in [6, 6.07) is 6.52. The molecular formula is C33H58BrFN2. The topological polar surface area (TPSA) is 24.1 Å². The van der Waals surface area contributed by atoms with Crippen molar-refractivity contribution < 1.29 is 4.39 Å². The summed E-state index contributed by atoms with van der Waals surface area (Å²) in [4.78, 5) is 0. The van der Waals surface area contributed by atoms with Crippen LogP contribution in [0.1, 0.15) is 115 Å². The maximum Gasteiger partial charge on any atom is 0.146 e. The fourth-order valence-electron chi connectivity index (χ4n) is 3.12. The highest BCUT2D eigenvalue weighted by atomic mass is 79.9. The first-order valence-corrected chi connectivity index (χ1v) is 15.0. The van der Waals surface area contributed by atoms with Gasteiger partial charge in [-0.05, 0) is 61.3 Å². The Bertz CT molecular complexity index is 810. The van der Waals surface area contributed by atoms with Crippen LogP contribution in [-0.4, -0.2) is 4.32 Å². The molecule has 2 N–H and O–H groups in total. The molecule has 1 aromatic carbocycles. The fraction of sp³-hybridized carbons (Fsp3) is 0.636. The number of alkyl halides is 1. The maximum atomic E-state index is 13.6. The number of benzene rings is 1. The molecule has 4 heteroatoms. The van der Waals surface area contributed by atoms with Gasteiger partial charge in [0.1, 0.15) is 11.6 Å². The molecule has 1 aliphatic rings. The van der Waals surface area contributed by atoms with Gasteiger partial charge in [-0.15, -0.1) is 0 Å². The van der Waals surface area contributed by atoms with E-state index in [1.54, 1.807) is 18.2 Å². The standard InChI is InChI=1S/C16H18BrFN2.C8H18.C7H16.C2H6/c1-11-8-9-16(3,17)10-15(11)20-12(2)19-14-7-5-4-6-13(14)18;1-4-6-8(3)7-5-2;1-6(2)7(3,4)5;1-2/h4-8,10,19-20H,2,9H2,1,3H3;8H,4-7H2,1-3H3;6H,1-5H3;1-2H3. The van der Waals surface area contributed by atoms with Crippen LogP contribution in [0, 0.1) is 23.1 Å². The molecule has 0 aliphatic heterocycles. The van der Waals surface area contributed by atoms with E-state index < -0.39 is 0 Å². The van der Waals surface area contributed by atoms with E-state index in [1.165, 1.54) is 31.7 Å². The van der Waals surface area contributed by atoms with Crippen molar-refractivity contribution in [2.45, 2.75) is 120 Å². The number of para-hydroxylation sites is 1. The van der Waals surface area contributed by atoms with Gasteiger partial charge in [-0.1, -0.05) is 136 Å². The lowest BCUT2D eigenvalue weighted by Gasteiger charge is -2.26. The van der Waals surface area contributed by atoms with Gasteiger partial charge in [-0.3, -0.25) is 0 Å². The summed E-state index contributed by atoms with van der Waals surface area (Å²) in [7, 11) is 0. The molecule has 0 amide bonds. The number of rotatable bonds is 8. The maximum absolute atomic E-state index is 13.6. The number of halogens is 2. The van der Waals surface area contributed by atoms with Gasteiger partial charge in [-0.25, -0.2) is 4.39 Å². The third-order valence-corrected chi connectivity index (χ3v) is 6.97. The predicted molar refractivity (Wildman–Crippen MR) is 171 cm³/mol. The number of anilines is 1. The summed E-state index contributed by atoms with van der Waals surface area (Å²) in [6.07, 6.45) is 10.7. The Labute approximate surface area is 238 Å². The van der Waals surface area contributed by atoms with Gasteiger partial charge in [0.25, 0.3) is 0 Å². The van der Waals surface area contributed by atoms with Crippen LogP contribution in [0.4, 0.5) is 10.1 Å². The van der Waals surface area contributed by atoms with E-state index in [0.29, 0.717) is 16.9 Å². The molecular weight excluding hydrogens is 523 g/mol. The molecule has 0 spiro atoms. The fourth-order valence-corrected chi connectivity index (χ4v) is 3.51. The van der Waals surface area contributed by atoms with E-state index in [0.717, 1.165) is 29.5 Å². The summed E-state index contributed by atoms with van der Waals surface area (Å²) in [5, 5.41) is 6.13. The largest absolute Gasteiger partial charge is 0.342 e. The van der Waals surface area contributed by atoms with Crippen molar-refractivity contribution in [3.8, 4) is 0 Å². The zero-order valence-electron chi connectivity index (χ0n) is 26.1. The normalized spacial score (nSPS) is 16.6. The zero-order chi connectivity index (χ0) is 29.2. The van der Waals surface area contributed by atoms with Crippen molar-refractivity contribution in [1.82, 2.24) is 5.32 Å². The molecule has 0 heterocycles. The summed E-state index contributed by atoms with van der Waals surface area (Å²) >= 11 is 3.66. The van der Waals surface area contributed by atoms with Crippen molar-refractivity contribution >= 4 is 21.6 Å². The van der Waals surface area contributed by atoms with Crippen LogP contribution in [0.2, 0.25) is 0 Å². The minimum Gasteiger partial charge on any atom is -0.342 e. The molecule has 0 aromatic heterocycles. The van der Waals surface area contributed by atoms with E-state index >= 15 is 0 Å². The second-order valence-electron chi connectivity index (χ2n) is 11.3. The van der Waals surface area contributed by atoms with Crippen LogP contribution in [0.5, 0.6) is 0 Å². The van der Waals surface area contributed by atoms with Crippen molar-refractivity contribution in [2.24, 2.45) is 17.3 Å². The third-order valence-electron chi connectivity index (χ3n) is 6.42. The lowest BCUT2D eigenvalue weighted by Crippen LogP contribution is -2.25. The Morgan fingerprint density at radius 1 is 1.05 bits per heavy atom. The van der Waals surface area contributed by atoms with E-state index in [9.17, 15) is 4.39 Å². The minimum absolute atomic E-state index is 0.0624. The third kappa shape index (κ3) is 18.4. The molecule has 0 bridgehead atoms. The number of nitrogens with one attached hydrogen (secondary N) is 2. The summed E-state index contributed by atoms with van der Waals surface area (Å²) in [5.41, 5.74) is 3.03. The molecule has 214 valence electrons. The van der Waals surface area contributed by atoms with E-state index in [1.807, 2.05) is 20.8 Å². The second kappa shape index (κ2) is 19.5. The predicted octanol–water partition coefficient (Wildman–Crippen LogP) is 11.6. The van der Waals surface area contributed by atoms with Crippen molar-refractivity contribution in [1.29, 1.82) is 0 Å². The number of hydrogen-bond donors (Lipinski definition) is 2. The van der Waals surface area contributed by atoms with Gasteiger partial charge in [0.15, 0.2) is 0 Å². The van der Waals surface area contributed by atoms with Crippen LogP contribution < -0.4 is 10.6 Å². The van der Waals surface area contributed by atoms with Gasteiger partial charge in [-0.2, -0.15) is 0 Å². The highest BCUT2D eigenvalue weighted by molar-refractivity contribution is 9.10. The highest BCUT2D eigenvalue weighted by Crippen LogP contribution is 2.32. The molecule has 0 saturated carbocycles. The van der Waals surface area contributed by atoms with Crippen molar-refractivity contribution in [3.05, 3.63) is 65.9 Å². The molecule has 1 atom stereocenters. The molecule has 0 fully saturated rings. The van der Waals surface area contributed by atoms with Gasteiger partial charge >= 0.3 is 0 Å². The van der Waals surface area contributed by atoms with E-state index in [2.05, 4.69) is 108 Å². The average Bonchev–Trinajstić information content (AvgIpc) is 2.80. The van der Waals surface area contributed by atoms with Crippen molar-refractivity contribution in [2.75, 3.05) is 5.32 Å². The van der Waals surface area contributed by atoms with Gasteiger partial charge < -0.3 is 10.6 Å². The molecule has 2 rings (SSSR count). The Morgan fingerprint density at radius 2 is 1.54 bits per heavy atom. The molecule has 0 radical (unpaired) electrons. The van der Waals surface area contributed by atoms with Crippen LogP contribution >= 0.6 is 15.9 Å². The molecule has 0 saturated heterocycles. The summed E-state index contributed by atoms with van der Waals surface area (Å²) < 4.78 is 13.5. The molecule has 1 aromatic rings. The smallest absolute Gasteiger partial charge is 0.146 e. The van der Waals surface area contributed by atoms with Crippen LogP contribution in [0.25, 0.3) is 0 Å². The lowest BCUT2D eigenvalue weighted by atomic mass is 9.84. The van der Waals surface area contributed by atoms with Gasteiger partial charge in [0.05, 0.1) is 5.69 Å². The number of allylic oxidation sites excluding steroid dienone is 3. The van der Waals surface area contributed by atoms with Crippen LogP contribution in [-0.2, 0) is 0 Å². The first-order valence-electron chi connectivity index (χ1n) is 14.2. The minimum atomic E-state index is -0.300. The zero-order valence-corrected chi connectivity index (χ0v) is 27.7. The van der Waals surface area contributed by atoms with Gasteiger partial charge in [0, 0.05) is 10.0 Å².